The van der Waals surface area contributed by atoms with Crippen molar-refractivity contribution in [1.29, 1.82) is 10.5 Å². The fourth-order valence-corrected chi connectivity index (χ4v) is 3.05. The number of aromatic nitrogens is 2. The highest BCUT2D eigenvalue weighted by atomic mass is 35.5. The second-order valence-corrected chi connectivity index (χ2v) is 6.28. The Kier molecular flexibility index (Phi) is 5.61. The van der Waals surface area contributed by atoms with Gasteiger partial charge in [0.15, 0.2) is 0 Å². The lowest BCUT2D eigenvalue weighted by Gasteiger charge is -2.09. The van der Waals surface area contributed by atoms with Crippen LogP contribution in [0.15, 0.2) is 48.5 Å². The molecule has 0 amide bonds. The molecule has 0 aliphatic carbocycles. The summed E-state index contributed by atoms with van der Waals surface area (Å²) in [5.41, 5.74) is 9.09. The van der Waals surface area contributed by atoms with Crippen molar-refractivity contribution >= 4 is 23.1 Å². The smallest absolute Gasteiger partial charge is 0.145 e. The summed E-state index contributed by atoms with van der Waals surface area (Å²) >= 11 is 6.15. The van der Waals surface area contributed by atoms with Crippen molar-refractivity contribution in [3.63, 3.8) is 0 Å². The maximum absolute atomic E-state index is 9.45. The number of halogens is 1. The van der Waals surface area contributed by atoms with Crippen LogP contribution in [0.2, 0.25) is 5.02 Å². The van der Waals surface area contributed by atoms with Crippen LogP contribution in [0.5, 0.6) is 0 Å². The average molecular weight is 377 g/mol. The topological polar surface area (TPSA) is 103 Å². The minimum absolute atomic E-state index is 0.338. The molecule has 0 fully saturated rings. The van der Waals surface area contributed by atoms with E-state index in [0.29, 0.717) is 52.7 Å². The van der Waals surface area contributed by atoms with Gasteiger partial charge in [0.05, 0.1) is 27.7 Å². The number of nitriles is 2. The number of anilines is 2. The zero-order valence-corrected chi connectivity index (χ0v) is 15.2. The number of hydrogen-bond acceptors (Lipinski definition) is 5. The Morgan fingerprint density at radius 1 is 1.07 bits per heavy atom. The minimum Gasteiger partial charge on any atom is -0.383 e. The number of nitrogens with two attached hydrogens (primary N) is 1. The standard InChI is InChI=1S/C20H17ClN6/c21-17-9-4-6-14(12-22)19(17)25-11-5-10-18-16(13-23)20(24)27(26-18)15-7-2-1-3-8-15/h1-4,6-9,25H,5,10-11,24H2. The first-order valence-corrected chi connectivity index (χ1v) is 8.79. The van der Waals surface area contributed by atoms with Crippen molar-refractivity contribution in [3.05, 3.63) is 70.4 Å². The molecule has 3 N–H and O–H groups in total. The molecule has 3 aromatic rings. The van der Waals surface area contributed by atoms with Crippen LogP contribution in [-0.4, -0.2) is 16.3 Å². The molecule has 1 heterocycles. The molecule has 3 rings (SSSR count). The highest BCUT2D eigenvalue weighted by Gasteiger charge is 2.16. The predicted molar refractivity (Wildman–Crippen MR) is 106 cm³/mol. The average Bonchev–Trinajstić information content (AvgIpc) is 3.02. The van der Waals surface area contributed by atoms with Crippen LogP contribution >= 0.6 is 11.6 Å². The first-order chi connectivity index (χ1) is 13.2. The molecule has 7 heteroatoms. The van der Waals surface area contributed by atoms with Gasteiger partial charge in [0.25, 0.3) is 0 Å². The molecule has 6 nitrogen and oxygen atoms in total. The third kappa shape index (κ3) is 3.87. The Hall–Kier alpha value is -3.48. The predicted octanol–water partition coefficient (Wildman–Crippen LogP) is 3.90. The van der Waals surface area contributed by atoms with Gasteiger partial charge < -0.3 is 11.1 Å². The van der Waals surface area contributed by atoms with E-state index in [-0.39, 0.29) is 0 Å². The van der Waals surface area contributed by atoms with E-state index in [1.165, 1.54) is 0 Å². The Balaban J connectivity index is 1.71. The quantitative estimate of drug-likeness (QED) is 0.635. The van der Waals surface area contributed by atoms with Crippen LogP contribution in [0.25, 0.3) is 5.69 Å². The number of aryl methyl sites for hydroxylation is 1. The van der Waals surface area contributed by atoms with Gasteiger partial charge in [-0.15, -0.1) is 0 Å². The molecular weight excluding hydrogens is 360 g/mol. The molecule has 2 aromatic carbocycles. The number of rotatable bonds is 6. The van der Waals surface area contributed by atoms with Crippen LogP contribution in [-0.2, 0) is 6.42 Å². The fraction of sp³-hybridized carbons (Fsp3) is 0.150. The number of nitrogens with one attached hydrogen (secondary N) is 1. The van der Waals surface area contributed by atoms with E-state index in [1.807, 2.05) is 30.3 Å². The van der Waals surface area contributed by atoms with Crippen LogP contribution in [0.4, 0.5) is 11.5 Å². The van der Waals surface area contributed by atoms with Crippen molar-refractivity contribution in [3.8, 4) is 17.8 Å². The Bertz CT molecular complexity index is 1030. The maximum Gasteiger partial charge on any atom is 0.145 e. The largest absolute Gasteiger partial charge is 0.383 e. The second kappa shape index (κ2) is 8.27. The van der Waals surface area contributed by atoms with Gasteiger partial charge in [0.2, 0.25) is 0 Å². The highest BCUT2D eigenvalue weighted by Crippen LogP contribution is 2.26. The fourth-order valence-electron chi connectivity index (χ4n) is 2.81. The van der Waals surface area contributed by atoms with Gasteiger partial charge >= 0.3 is 0 Å². The van der Waals surface area contributed by atoms with E-state index in [1.54, 1.807) is 22.9 Å². The van der Waals surface area contributed by atoms with Gasteiger partial charge in [0.1, 0.15) is 23.5 Å². The molecule has 1 aromatic heterocycles. The molecule has 0 aliphatic rings. The summed E-state index contributed by atoms with van der Waals surface area (Å²) in [6.45, 7) is 0.585. The van der Waals surface area contributed by atoms with Gasteiger partial charge in [-0.2, -0.15) is 15.6 Å². The van der Waals surface area contributed by atoms with Crippen LogP contribution in [0.3, 0.4) is 0 Å². The van der Waals surface area contributed by atoms with Gasteiger partial charge in [-0.3, -0.25) is 0 Å². The molecule has 134 valence electrons. The monoisotopic (exact) mass is 376 g/mol. The number of benzene rings is 2. The summed E-state index contributed by atoms with van der Waals surface area (Å²) < 4.78 is 1.59. The van der Waals surface area contributed by atoms with E-state index in [2.05, 4.69) is 22.6 Å². The first-order valence-electron chi connectivity index (χ1n) is 8.41. The number of hydrogen-bond donors (Lipinski definition) is 2. The summed E-state index contributed by atoms with van der Waals surface area (Å²) in [6, 6.07) is 18.9. The molecule has 0 spiro atoms. The normalized spacial score (nSPS) is 10.2. The van der Waals surface area contributed by atoms with Gasteiger partial charge in [-0.1, -0.05) is 35.9 Å². The van der Waals surface area contributed by atoms with Crippen molar-refractivity contribution in [2.45, 2.75) is 12.8 Å². The van der Waals surface area contributed by atoms with E-state index >= 15 is 0 Å². The number of nitrogen functional groups attached to an aromatic ring is 1. The molecule has 0 saturated heterocycles. The number of nitrogens with zero attached hydrogens (tertiary/aromatic N) is 4. The summed E-state index contributed by atoms with van der Waals surface area (Å²) in [4.78, 5) is 0. The molecular formula is C20H17ClN6. The van der Waals surface area contributed by atoms with Crippen molar-refractivity contribution in [2.75, 3.05) is 17.6 Å². The lowest BCUT2D eigenvalue weighted by molar-refractivity contribution is 0.790. The summed E-state index contributed by atoms with van der Waals surface area (Å²) in [6.07, 6.45) is 1.28. The summed E-state index contributed by atoms with van der Waals surface area (Å²) in [7, 11) is 0. The van der Waals surface area contributed by atoms with Crippen LogP contribution in [0, 0.1) is 22.7 Å². The Morgan fingerprint density at radius 3 is 2.56 bits per heavy atom. The van der Waals surface area contributed by atoms with Gasteiger partial charge in [-0.05, 0) is 37.1 Å². The molecule has 0 aliphatic heterocycles. The third-order valence-corrected chi connectivity index (χ3v) is 4.45. The zero-order chi connectivity index (χ0) is 19.2. The third-order valence-electron chi connectivity index (χ3n) is 4.13. The van der Waals surface area contributed by atoms with E-state index < -0.39 is 0 Å². The highest BCUT2D eigenvalue weighted by molar-refractivity contribution is 6.33. The molecule has 0 atom stereocenters. The van der Waals surface area contributed by atoms with Crippen molar-refractivity contribution < 1.29 is 0 Å². The lowest BCUT2D eigenvalue weighted by Crippen LogP contribution is -2.06. The minimum atomic E-state index is 0.338. The van der Waals surface area contributed by atoms with E-state index in [4.69, 9.17) is 17.3 Å². The van der Waals surface area contributed by atoms with Crippen molar-refractivity contribution in [1.82, 2.24) is 9.78 Å². The maximum atomic E-state index is 9.45. The molecule has 0 saturated carbocycles. The van der Waals surface area contributed by atoms with E-state index in [9.17, 15) is 10.5 Å². The molecule has 0 unspecified atom stereocenters. The SMILES string of the molecule is N#Cc1cccc(Cl)c1NCCCc1nn(-c2ccccc2)c(N)c1C#N. The summed E-state index contributed by atoms with van der Waals surface area (Å²) in [5.74, 6) is 0.338. The van der Waals surface area contributed by atoms with Crippen LogP contribution in [0.1, 0.15) is 23.2 Å². The zero-order valence-electron chi connectivity index (χ0n) is 14.5. The molecule has 27 heavy (non-hydrogen) atoms. The van der Waals surface area contributed by atoms with Crippen molar-refractivity contribution in [2.24, 2.45) is 0 Å². The second-order valence-electron chi connectivity index (χ2n) is 5.87. The molecule has 0 radical (unpaired) electrons. The molecule has 0 bridgehead atoms. The number of para-hydroxylation sites is 2. The first kappa shape index (κ1) is 18.3. The Morgan fingerprint density at radius 2 is 1.85 bits per heavy atom. The van der Waals surface area contributed by atoms with Gasteiger partial charge in [-0.25, -0.2) is 4.68 Å². The Labute approximate surface area is 162 Å². The van der Waals surface area contributed by atoms with E-state index in [0.717, 1.165) is 5.69 Å². The van der Waals surface area contributed by atoms with Gasteiger partial charge in [0, 0.05) is 6.54 Å². The van der Waals surface area contributed by atoms with Crippen LogP contribution < -0.4 is 11.1 Å². The summed E-state index contributed by atoms with van der Waals surface area (Å²) in [5, 5.41) is 26.8. The lowest BCUT2D eigenvalue weighted by atomic mass is 10.1.